The first-order valence-electron chi connectivity index (χ1n) is 7.02. The highest BCUT2D eigenvalue weighted by Gasteiger charge is 2.25. The van der Waals surface area contributed by atoms with Crippen molar-refractivity contribution in [1.82, 2.24) is 5.32 Å². The van der Waals surface area contributed by atoms with Crippen LogP contribution in [0.1, 0.15) is 37.2 Å². The van der Waals surface area contributed by atoms with E-state index in [0.717, 1.165) is 6.42 Å². The number of hydrogen-bond acceptors (Lipinski definition) is 3. The maximum absolute atomic E-state index is 11.2. The van der Waals surface area contributed by atoms with Gasteiger partial charge in [-0.05, 0) is 24.3 Å². The molecule has 1 aliphatic carbocycles. The van der Waals surface area contributed by atoms with Crippen LogP contribution in [-0.4, -0.2) is 33.0 Å². The molecule has 0 amide bonds. The van der Waals surface area contributed by atoms with Crippen LogP contribution in [0.3, 0.4) is 0 Å². The first kappa shape index (κ1) is 14.5. The van der Waals surface area contributed by atoms with E-state index in [-0.39, 0.29) is 5.75 Å². The lowest BCUT2D eigenvalue weighted by Crippen LogP contribution is -2.39. The highest BCUT2D eigenvalue weighted by molar-refractivity contribution is 7.90. The quantitative estimate of drug-likeness (QED) is 0.901. The molecule has 2 rings (SSSR count). The van der Waals surface area contributed by atoms with Gasteiger partial charge in [-0.2, -0.15) is 0 Å². The first-order chi connectivity index (χ1) is 9.06. The maximum atomic E-state index is 11.2. The Morgan fingerprint density at radius 2 is 1.84 bits per heavy atom. The van der Waals surface area contributed by atoms with Crippen molar-refractivity contribution in [3.63, 3.8) is 0 Å². The molecule has 0 bridgehead atoms. The van der Waals surface area contributed by atoms with E-state index in [1.807, 2.05) is 6.07 Å². The van der Waals surface area contributed by atoms with Crippen molar-refractivity contribution in [1.29, 1.82) is 0 Å². The van der Waals surface area contributed by atoms with Gasteiger partial charge in [0.2, 0.25) is 0 Å². The third-order valence-electron chi connectivity index (χ3n) is 3.87. The molecule has 1 aromatic carbocycles. The van der Waals surface area contributed by atoms with Crippen LogP contribution < -0.4 is 5.32 Å². The fourth-order valence-corrected chi connectivity index (χ4v) is 3.39. The lowest BCUT2D eigenvalue weighted by atomic mass is 9.80. The molecule has 0 unspecified atom stereocenters. The highest BCUT2D eigenvalue weighted by atomic mass is 32.2. The summed E-state index contributed by atoms with van der Waals surface area (Å²) in [7, 11) is -2.87. The summed E-state index contributed by atoms with van der Waals surface area (Å²) in [5.74, 6) is 0.750. The summed E-state index contributed by atoms with van der Waals surface area (Å²) in [6.07, 6.45) is 6.14. The van der Waals surface area contributed by atoms with Gasteiger partial charge in [0.1, 0.15) is 9.84 Å². The molecule has 2 atom stereocenters. The van der Waals surface area contributed by atoms with E-state index in [1.165, 1.54) is 31.1 Å². The van der Waals surface area contributed by atoms with Gasteiger partial charge in [-0.3, -0.25) is 0 Å². The van der Waals surface area contributed by atoms with E-state index in [2.05, 4.69) is 29.6 Å². The summed E-state index contributed by atoms with van der Waals surface area (Å²) in [6.45, 7) is 0.562. The Hall–Kier alpha value is -0.870. The van der Waals surface area contributed by atoms with Gasteiger partial charge in [-0.15, -0.1) is 0 Å². The van der Waals surface area contributed by atoms with Gasteiger partial charge < -0.3 is 5.32 Å². The van der Waals surface area contributed by atoms with Crippen molar-refractivity contribution in [3.8, 4) is 0 Å². The number of sulfone groups is 1. The third-order valence-corrected chi connectivity index (χ3v) is 4.82. The van der Waals surface area contributed by atoms with Gasteiger partial charge in [-0.25, -0.2) is 8.42 Å². The number of benzene rings is 1. The molecule has 0 spiro atoms. The average molecular weight is 281 g/mol. The number of nitrogens with one attached hydrogen (secondary N) is 1. The normalized spacial score (nSPS) is 24.3. The van der Waals surface area contributed by atoms with Crippen molar-refractivity contribution in [2.24, 2.45) is 0 Å². The second kappa shape index (κ2) is 6.53. The fraction of sp³-hybridized carbons (Fsp3) is 0.600. The molecule has 1 N–H and O–H groups in total. The van der Waals surface area contributed by atoms with Crippen molar-refractivity contribution in [2.45, 2.75) is 37.6 Å². The van der Waals surface area contributed by atoms with Gasteiger partial charge in [-0.1, -0.05) is 43.2 Å². The second-order valence-electron chi connectivity index (χ2n) is 5.49. The van der Waals surface area contributed by atoms with E-state index < -0.39 is 9.84 Å². The Kier molecular flexibility index (Phi) is 4.99. The van der Waals surface area contributed by atoms with Gasteiger partial charge in [0.15, 0.2) is 0 Å². The summed E-state index contributed by atoms with van der Waals surface area (Å²) in [4.78, 5) is 0. The molecule has 0 heterocycles. The van der Waals surface area contributed by atoms with Crippen LogP contribution in [-0.2, 0) is 9.84 Å². The largest absolute Gasteiger partial charge is 0.312 e. The monoisotopic (exact) mass is 281 g/mol. The van der Waals surface area contributed by atoms with Crippen LogP contribution >= 0.6 is 0 Å². The molecule has 3 nitrogen and oxygen atoms in total. The predicted octanol–water partition coefficient (Wildman–Crippen LogP) is 2.35. The molecule has 106 valence electrons. The van der Waals surface area contributed by atoms with Crippen LogP contribution in [0.15, 0.2) is 30.3 Å². The standard InChI is InChI=1S/C15H23NO2S/c1-19(17,18)12-11-16-15-10-6-5-9-14(15)13-7-3-2-4-8-13/h2-4,7-8,14-16H,5-6,9-12H2,1H3/t14-,15+/m1/s1. The molecule has 4 heteroatoms. The molecular formula is C15H23NO2S. The molecule has 1 fully saturated rings. The molecule has 0 radical (unpaired) electrons. The summed E-state index contributed by atoms with van der Waals surface area (Å²) in [5.41, 5.74) is 1.37. The van der Waals surface area contributed by atoms with E-state index >= 15 is 0 Å². The van der Waals surface area contributed by atoms with Gasteiger partial charge in [0.05, 0.1) is 5.75 Å². The average Bonchev–Trinajstić information content (AvgIpc) is 2.39. The molecule has 0 aliphatic heterocycles. The predicted molar refractivity (Wildman–Crippen MR) is 79.2 cm³/mol. The van der Waals surface area contributed by atoms with Crippen LogP contribution in [0.5, 0.6) is 0 Å². The Labute approximate surface area is 116 Å². The van der Waals surface area contributed by atoms with Crippen molar-refractivity contribution < 1.29 is 8.42 Å². The zero-order chi connectivity index (χ0) is 13.7. The zero-order valence-electron chi connectivity index (χ0n) is 11.5. The minimum atomic E-state index is -2.87. The van der Waals surface area contributed by atoms with Crippen molar-refractivity contribution in [3.05, 3.63) is 35.9 Å². The van der Waals surface area contributed by atoms with Crippen LogP contribution in [0.4, 0.5) is 0 Å². The highest BCUT2D eigenvalue weighted by Crippen LogP contribution is 2.32. The smallest absolute Gasteiger partial charge is 0.148 e. The maximum Gasteiger partial charge on any atom is 0.148 e. The number of hydrogen-bond donors (Lipinski definition) is 1. The van der Waals surface area contributed by atoms with Gasteiger partial charge >= 0.3 is 0 Å². The summed E-state index contributed by atoms with van der Waals surface area (Å²) >= 11 is 0. The van der Waals surface area contributed by atoms with E-state index in [9.17, 15) is 8.42 Å². The SMILES string of the molecule is CS(=O)(=O)CCN[C@H]1CCCC[C@@H]1c1ccccc1. The molecule has 1 aromatic rings. The molecule has 0 saturated heterocycles. The minimum Gasteiger partial charge on any atom is -0.312 e. The Morgan fingerprint density at radius 3 is 2.53 bits per heavy atom. The molecule has 1 aliphatic rings. The molecular weight excluding hydrogens is 258 g/mol. The molecule has 0 aromatic heterocycles. The topological polar surface area (TPSA) is 46.2 Å². The van der Waals surface area contributed by atoms with Crippen LogP contribution in [0, 0.1) is 0 Å². The van der Waals surface area contributed by atoms with Crippen molar-refractivity contribution in [2.75, 3.05) is 18.6 Å². The Bertz CT molecular complexity index is 484. The van der Waals surface area contributed by atoms with Gasteiger partial charge in [0, 0.05) is 18.8 Å². The summed E-state index contributed by atoms with van der Waals surface area (Å²) in [6, 6.07) is 11.0. The van der Waals surface area contributed by atoms with E-state index in [0.29, 0.717) is 18.5 Å². The van der Waals surface area contributed by atoms with Gasteiger partial charge in [0.25, 0.3) is 0 Å². The zero-order valence-corrected chi connectivity index (χ0v) is 12.3. The fourth-order valence-electron chi connectivity index (χ4n) is 2.90. The van der Waals surface area contributed by atoms with E-state index in [1.54, 1.807) is 0 Å². The Balaban J connectivity index is 1.97. The summed E-state index contributed by atoms with van der Waals surface area (Å²) in [5, 5.41) is 3.45. The molecule has 1 saturated carbocycles. The van der Waals surface area contributed by atoms with Crippen molar-refractivity contribution >= 4 is 9.84 Å². The lowest BCUT2D eigenvalue weighted by Gasteiger charge is -2.32. The third kappa shape index (κ3) is 4.62. The lowest BCUT2D eigenvalue weighted by molar-refractivity contribution is 0.333. The number of rotatable bonds is 5. The van der Waals surface area contributed by atoms with Crippen LogP contribution in [0.2, 0.25) is 0 Å². The second-order valence-corrected chi connectivity index (χ2v) is 7.75. The molecule has 19 heavy (non-hydrogen) atoms. The Morgan fingerprint density at radius 1 is 1.16 bits per heavy atom. The van der Waals surface area contributed by atoms with Crippen LogP contribution in [0.25, 0.3) is 0 Å². The summed E-state index contributed by atoms with van der Waals surface area (Å²) < 4.78 is 22.4. The van der Waals surface area contributed by atoms with E-state index in [4.69, 9.17) is 0 Å². The first-order valence-corrected chi connectivity index (χ1v) is 9.08. The minimum absolute atomic E-state index is 0.227.